The first-order chi connectivity index (χ1) is 12.1. The maximum Gasteiger partial charge on any atom is 0.292 e. The molecule has 1 aromatic carbocycles. The van der Waals surface area contributed by atoms with Crippen molar-refractivity contribution in [3.63, 3.8) is 0 Å². The minimum Gasteiger partial charge on any atom is -0.496 e. The van der Waals surface area contributed by atoms with Crippen LogP contribution < -0.4 is 20.5 Å². The van der Waals surface area contributed by atoms with E-state index in [1.54, 1.807) is 31.3 Å². The van der Waals surface area contributed by atoms with E-state index in [2.05, 4.69) is 10.4 Å². The molecule has 0 atom stereocenters. The molecule has 1 aliphatic heterocycles. The van der Waals surface area contributed by atoms with E-state index in [0.29, 0.717) is 22.7 Å². The zero-order valence-corrected chi connectivity index (χ0v) is 14.5. The van der Waals surface area contributed by atoms with Crippen molar-refractivity contribution in [3.05, 3.63) is 46.4 Å². The predicted octanol–water partition coefficient (Wildman–Crippen LogP) is 2.03. The summed E-state index contributed by atoms with van der Waals surface area (Å²) in [6.45, 7) is 1.60. The van der Waals surface area contributed by atoms with Gasteiger partial charge in [-0.05, 0) is 31.4 Å². The van der Waals surface area contributed by atoms with Gasteiger partial charge in [-0.2, -0.15) is 5.10 Å². The number of aryl methyl sites for hydroxylation is 1. The number of para-hydroxylation sites is 1. The number of hydrogen-bond acceptors (Lipinski definition) is 5. The number of aromatic nitrogens is 2. The monoisotopic (exact) mass is 342 g/mol. The second-order valence-corrected chi connectivity index (χ2v) is 6.04. The maximum atomic E-state index is 12.7. The Morgan fingerprint density at radius 2 is 1.92 bits per heavy atom. The number of nitrogens with zero attached hydrogens (tertiary/aromatic N) is 3. The molecule has 7 nitrogen and oxygen atoms in total. The number of anilines is 2. The molecule has 1 fully saturated rings. The van der Waals surface area contributed by atoms with Gasteiger partial charge in [-0.25, -0.2) is 4.68 Å². The summed E-state index contributed by atoms with van der Waals surface area (Å²) in [5.74, 6) is 0.155. The molecule has 1 aromatic heterocycles. The van der Waals surface area contributed by atoms with Gasteiger partial charge in [-0.3, -0.25) is 9.59 Å². The number of nitrogens with one attached hydrogen (secondary N) is 1. The van der Waals surface area contributed by atoms with Crippen molar-refractivity contribution < 1.29 is 9.53 Å². The van der Waals surface area contributed by atoms with Gasteiger partial charge in [-0.15, -0.1) is 0 Å². The van der Waals surface area contributed by atoms with Crippen LogP contribution in [-0.2, 0) is 7.05 Å². The van der Waals surface area contributed by atoms with Crippen LogP contribution in [0.3, 0.4) is 0 Å². The van der Waals surface area contributed by atoms with Gasteiger partial charge in [-0.1, -0.05) is 12.1 Å². The Balaban J connectivity index is 1.95. The molecule has 3 rings (SSSR count). The van der Waals surface area contributed by atoms with Crippen LogP contribution in [0.1, 0.15) is 29.6 Å². The van der Waals surface area contributed by atoms with Crippen LogP contribution in [0, 0.1) is 0 Å². The van der Waals surface area contributed by atoms with Crippen LogP contribution in [0.2, 0.25) is 0 Å². The standard InChI is InChI=1S/C18H22N4O3/c1-21-18(24)16(22-10-6-3-7-11-22)14(12-19-21)20-17(23)13-8-4-5-9-15(13)25-2/h4-5,8-9,12H,3,6-7,10-11H2,1-2H3,(H,20,23). The van der Waals surface area contributed by atoms with E-state index in [4.69, 9.17) is 4.74 Å². The first-order valence-electron chi connectivity index (χ1n) is 8.37. The van der Waals surface area contributed by atoms with Gasteiger partial charge in [0.2, 0.25) is 0 Å². The number of piperidine rings is 1. The molecule has 132 valence electrons. The SMILES string of the molecule is COc1ccccc1C(=O)Nc1cnn(C)c(=O)c1N1CCCCC1. The van der Waals surface area contributed by atoms with Crippen LogP contribution in [0.25, 0.3) is 0 Å². The van der Waals surface area contributed by atoms with Crippen molar-refractivity contribution in [2.24, 2.45) is 7.05 Å². The number of carbonyl (C=O) groups excluding carboxylic acids is 1. The average molecular weight is 342 g/mol. The largest absolute Gasteiger partial charge is 0.496 e. The average Bonchev–Trinajstić information content (AvgIpc) is 2.65. The quantitative estimate of drug-likeness (QED) is 0.920. The highest BCUT2D eigenvalue weighted by Gasteiger charge is 2.22. The summed E-state index contributed by atoms with van der Waals surface area (Å²) in [6.07, 6.45) is 4.75. The Morgan fingerprint density at radius 3 is 2.64 bits per heavy atom. The molecule has 0 radical (unpaired) electrons. The number of benzene rings is 1. The van der Waals surface area contributed by atoms with E-state index < -0.39 is 0 Å². The van der Waals surface area contributed by atoms with E-state index in [1.807, 2.05) is 4.90 Å². The van der Waals surface area contributed by atoms with Gasteiger partial charge in [0.25, 0.3) is 11.5 Å². The van der Waals surface area contributed by atoms with Crippen LogP contribution >= 0.6 is 0 Å². The summed E-state index contributed by atoms with van der Waals surface area (Å²) in [5, 5.41) is 6.89. The van der Waals surface area contributed by atoms with Crippen LogP contribution in [0.5, 0.6) is 5.75 Å². The lowest BCUT2D eigenvalue weighted by molar-refractivity contribution is 0.102. The van der Waals surface area contributed by atoms with E-state index in [-0.39, 0.29) is 11.5 Å². The molecule has 7 heteroatoms. The number of methoxy groups -OCH3 is 1. The van der Waals surface area contributed by atoms with Crippen molar-refractivity contribution in [2.45, 2.75) is 19.3 Å². The van der Waals surface area contributed by atoms with E-state index in [1.165, 1.54) is 18.0 Å². The maximum absolute atomic E-state index is 12.7. The highest BCUT2D eigenvalue weighted by atomic mass is 16.5. The Bertz CT molecular complexity index is 825. The highest BCUT2D eigenvalue weighted by molar-refractivity contribution is 6.07. The number of amides is 1. The van der Waals surface area contributed by atoms with Gasteiger partial charge in [0.1, 0.15) is 11.4 Å². The lowest BCUT2D eigenvalue weighted by Crippen LogP contribution is -2.37. The number of ether oxygens (including phenoxy) is 1. The normalized spacial score (nSPS) is 14.2. The van der Waals surface area contributed by atoms with E-state index >= 15 is 0 Å². The molecule has 1 amide bonds. The molecule has 0 spiro atoms. The topological polar surface area (TPSA) is 76.5 Å². The first-order valence-corrected chi connectivity index (χ1v) is 8.37. The Kier molecular flexibility index (Phi) is 5.02. The summed E-state index contributed by atoms with van der Waals surface area (Å²) >= 11 is 0. The van der Waals surface area contributed by atoms with Crippen LogP contribution in [-0.4, -0.2) is 35.9 Å². The molecule has 25 heavy (non-hydrogen) atoms. The number of hydrogen-bond donors (Lipinski definition) is 1. The van der Waals surface area contributed by atoms with Gasteiger partial charge in [0, 0.05) is 20.1 Å². The van der Waals surface area contributed by atoms with Crippen molar-refractivity contribution in [2.75, 3.05) is 30.4 Å². The Hall–Kier alpha value is -2.83. The third-order valence-corrected chi connectivity index (χ3v) is 4.38. The van der Waals surface area contributed by atoms with Crippen molar-refractivity contribution in [3.8, 4) is 5.75 Å². The van der Waals surface area contributed by atoms with Gasteiger partial charge in [0.05, 0.1) is 24.6 Å². The first kappa shape index (κ1) is 17.0. The Labute approximate surface area is 146 Å². The number of carbonyl (C=O) groups is 1. The molecule has 0 unspecified atom stereocenters. The van der Waals surface area contributed by atoms with E-state index in [0.717, 1.165) is 32.4 Å². The molecule has 2 heterocycles. The fourth-order valence-corrected chi connectivity index (χ4v) is 3.06. The van der Waals surface area contributed by atoms with Crippen molar-refractivity contribution in [1.82, 2.24) is 9.78 Å². The van der Waals surface area contributed by atoms with Crippen LogP contribution in [0.15, 0.2) is 35.3 Å². The molecule has 1 N–H and O–H groups in total. The zero-order valence-electron chi connectivity index (χ0n) is 14.5. The number of rotatable bonds is 4. The minimum absolute atomic E-state index is 0.209. The lowest BCUT2D eigenvalue weighted by Gasteiger charge is -2.29. The third-order valence-electron chi connectivity index (χ3n) is 4.38. The predicted molar refractivity (Wildman–Crippen MR) is 96.5 cm³/mol. The smallest absolute Gasteiger partial charge is 0.292 e. The Morgan fingerprint density at radius 1 is 1.20 bits per heavy atom. The summed E-state index contributed by atoms with van der Waals surface area (Å²) in [6, 6.07) is 6.98. The van der Waals surface area contributed by atoms with Gasteiger partial charge in [0.15, 0.2) is 0 Å². The highest BCUT2D eigenvalue weighted by Crippen LogP contribution is 2.26. The summed E-state index contributed by atoms with van der Waals surface area (Å²) < 4.78 is 6.54. The van der Waals surface area contributed by atoms with Crippen LogP contribution in [0.4, 0.5) is 11.4 Å². The van der Waals surface area contributed by atoms with Crippen molar-refractivity contribution >= 4 is 17.3 Å². The van der Waals surface area contributed by atoms with Crippen molar-refractivity contribution in [1.29, 1.82) is 0 Å². The zero-order chi connectivity index (χ0) is 17.8. The molecule has 0 aliphatic carbocycles. The van der Waals surface area contributed by atoms with Gasteiger partial charge >= 0.3 is 0 Å². The molecule has 2 aromatic rings. The molecular weight excluding hydrogens is 320 g/mol. The second kappa shape index (κ2) is 7.38. The summed E-state index contributed by atoms with van der Waals surface area (Å²) in [7, 11) is 3.13. The molecule has 0 saturated carbocycles. The second-order valence-electron chi connectivity index (χ2n) is 6.04. The molecule has 1 saturated heterocycles. The fraction of sp³-hybridized carbons (Fsp3) is 0.389. The van der Waals surface area contributed by atoms with Gasteiger partial charge < -0.3 is 15.0 Å². The van der Waals surface area contributed by atoms with E-state index in [9.17, 15) is 9.59 Å². The molecular formula is C18H22N4O3. The summed E-state index contributed by atoms with van der Waals surface area (Å²) in [5.41, 5.74) is 1.14. The summed E-state index contributed by atoms with van der Waals surface area (Å²) in [4.78, 5) is 27.3. The molecule has 1 aliphatic rings. The fourth-order valence-electron chi connectivity index (χ4n) is 3.06. The minimum atomic E-state index is -0.328. The lowest BCUT2D eigenvalue weighted by atomic mass is 10.1. The molecule has 0 bridgehead atoms. The third kappa shape index (κ3) is 3.50.